The average Bonchev–Trinajstić information content (AvgIpc) is 2.38. The van der Waals surface area contributed by atoms with Gasteiger partial charge in [-0.25, -0.2) is 0 Å². The third-order valence-corrected chi connectivity index (χ3v) is 3.69. The van der Waals surface area contributed by atoms with E-state index in [1.165, 1.54) is 0 Å². The van der Waals surface area contributed by atoms with Gasteiger partial charge in [-0.2, -0.15) is 0 Å². The second-order valence-corrected chi connectivity index (χ2v) is 7.20. The van der Waals surface area contributed by atoms with E-state index < -0.39 is 0 Å². The van der Waals surface area contributed by atoms with Crippen LogP contribution >= 0.6 is 22.6 Å². The molecule has 1 saturated heterocycles. The van der Waals surface area contributed by atoms with Gasteiger partial charge in [0.2, 0.25) is 0 Å². The number of alkyl halides is 1. The van der Waals surface area contributed by atoms with Crippen LogP contribution in [0.1, 0.15) is 41.0 Å². The minimum absolute atomic E-state index is 0.278. The highest BCUT2D eigenvalue weighted by atomic mass is 127. The number of amidine groups is 1. The first-order chi connectivity index (χ1) is 7.14. The quantitative estimate of drug-likeness (QED) is 0.345. The molecular weight excluding hydrogens is 315 g/mol. The molecule has 1 heterocycles. The summed E-state index contributed by atoms with van der Waals surface area (Å²) in [5.41, 5.74) is 0.0169. The molecule has 94 valence electrons. The Hall–Kier alpha value is 0. The summed E-state index contributed by atoms with van der Waals surface area (Å²) in [6.45, 7) is 11.4. The van der Waals surface area contributed by atoms with Crippen LogP contribution in [0.3, 0.4) is 0 Å². The van der Waals surface area contributed by atoms with Gasteiger partial charge in [0.05, 0.1) is 0 Å². The first-order valence-corrected chi connectivity index (χ1v) is 7.27. The zero-order chi connectivity index (χ0) is 12.6. The summed E-state index contributed by atoms with van der Waals surface area (Å²) in [6.07, 6.45) is 1.14. The van der Waals surface area contributed by atoms with Crippen LogP contribution in [0, 0.1) is 10.8 Å². The number of rotatable bonds is 1. The highest BCUT2D eigenvalue weighted by Crippen LogP contribution is 2.35. The van der Waals surface area contributed by atoms with Crippen molar-refractivity contribution in [2.45, 2.75) is 52.7 Å². The highest BCUT2D eigenvalue weighted by Gasteiger charge is 2.39. The largest absolute Gasteiger partial charge is 0.460 e. The molecule has 1 fully saturated rings. The van der Waals surface area contributed by atoms with Crippen molar-refractivity contribution >= 4 is 28.6 Å². The molecule has 1 unspecified atom stereocenters. The Morgan fingerprint density at radius 3 is 2.50 bits per heavy atom. The molecule has 16 heavy (non-hydrogen) atoms. The normalized spacial score (nSPS) is 24.6. The molecule has 1 N–H and O–H groups in total. The smallest absolute Gasteiger partial charge is 0.285 e. The maximum absolute atomic E-state index is 8.05. The van der Waals surface area contributed by atoms with Gasteiger partial charge in [-0.3, -0.25) is 5.41 Å². The van der Waals surface area contributed by atoms with Gasteiger partial charge in [-0.05, 0) is 32.6 Å². The fourth-order valence-electron chi connectivity index (χ4n) is 2.13. The van der Waals surface area contributed by atoms with Gasteiger partial charge in [0.25, 0.3) is 6.02 Å². The minimum Gasteiger partial charge on any atom is -0.460 e. The van der Waals surface area contributed by atoms with Crippen molar-refractivity contribution in [3.63, 3.8) is 0 Å². The maximum Gasteiger partial charge on any atom is 0.285 e. The standard InChI is InChI=1S/C12H23IN2O/c1-11(2,3)16-10(14)15-8-12(4,5)6-9(15)7-13/h9,14H,6-8H2,1-5H3. The Morgan fingerprint density at radius 1 is 1.50 bits per heavy atom. The SMILES string of the molecule is CC1(C)CC(CI)N(C(=N)OC(C)(C)C)C1. The Kier molecular flexibility index (Phi) is 4.13. The maximum atomic E-state index is 8.05. The van der Waals surface area contributed by atoms with Gasteiger partial charge in [0.1, 0.15) is 5.60 Å². The Bertz CT molecular complexity index is 271. The van der Waals surface area contributed by atoms with E-state index in [9.17, 15) is 0 Å². The Balaban J connectivity index is 2.69. The fourth-order valence-corrected chi connectivity index (χ4v) is 2.91. The van der Waals surface area contributed by atoms with Crippen molar-refractivity contribution in [3.05, 3.63) is 0 Å². The van der Waals surface area contributed by atoms with E-state index in [2.05, 4.69) is 41.3 Å². The van der Waals surface area contributed by atoms with Crippen molar-refractivity contribution in [3.8, 4) is 0 Å². The van der Waals surface area contributed by atoms with Crippen LogP contribution in [0.5, 0.6) is 0 Å². The van der Waals surface area contributed by atoms with Crippen molar-refractivity contribution in [2.75, 3.05) is 11.0 Å². The van der Waals surface area contributed by atoms with Crippen molar-refractivity contribution in [2.24, 2.45) is 5.41 Å². The molecule has 0 aromatic carbocycles. The van der Waals surface area contributed by atoms with E-state index in [4.69, 9.17) is 10.1 Å². The summed E-state index contributed by atoms with van der Waals surface area (Å²) in [5.74, 6) is 0. The number of nitrogens with zero attached hydrogens (tertiary/aromatic N) is 1. The van der Waals surface area contributed by atoms with Crippen molar-refractivity contribution in [1.82, 2.24) is 4.90 Å². The molecular formula is C12H23IN2O. The predicted octanol–water partition coefficient (Wildman–Crippen LogP) is 3.27. The molecule has 0 amide bonds. The Morgan fingerprint density at radius 2 is 2.06 bits per heavy atom. The van der Waals surface area contributed by atoms with Gasteiger partial charge in [0, 0.05) is 17.0 Å². The van der Waals surface area contributed by atoms with E-state index in [-0.39, 0.29) is 5.60 Å². The first kappa shape index (κ1) is 14.1. The number of hydrogen-bond acceptors (Lipinski definition) is 2. The average molecular weight is 338 g/mol. The third kappa shape index (κ3) is 3.79. The van der Waals surface area contributed by atoms with Crippen LogP contribution in [-0.2, 0) is 4.74 Å². The molecule has 0 spiro atoms. The molecule has 1 aliphatic heterocycles. The zero-order valence-electron chi connectivity index (χ0n) is 10.9. The summed E-state index contributed by atoms with van der Waals surface area (Å²) in [7, 11) is 0. The van der Waals surface area contributed by atoms with Gasteiger partial charge >= 0.3 is 0 Å². The summed E-state index contributed by atoms with van der Waals surface area (Å²) in [5, 5.41) is 8.05. The molecule has 1 aliphatic rings. The molecule has 1 rings (SSSR count). The van der Waals surface area contributed by atoms with Crippen LogP contribution in [-0.4, -0.2) is 33.5 Å². The highest BCUT2D eigenvalue weighted by molar-refractivity contribution is 14.1. The number of halogens is 1. The first-order valence-electron chi connectivity index (χ1n) is 5.75. The van der Waals surface area contributed by atoms with E-state index in [0.717, 1.165) is 17.4 Å². The van der Waals surface area contributed by atoms with Crippen LogP contribution in [0.15, 0.2) is 0 Å². The number of likely N-dealkylation sites (tertiary alicyclic amines) is 1. The number of nitrogens with one attached hydrogen (secondary N) is 1. The van der Waals surface area contributed by atoms with Crippen molar-refractivity contribution in [1.29, 1.82) is 5.41 Å². The van der Waals surface area contributed by atoms with Gasteiger partial charge < -0.3 is 9.64 Å². The molecule has 0 aliphatic carbocycles. The van der Waals surface area contributed by atoms with Gasteiger partial charge in [0.15, 0.2) is 0 Å². The summed E-state index contributed by atoms with van der Waals surface area (Å²) < 4.78 is 6.71. The molecule has 0 bridgehead atoms. The lowest BCUT2D eigenvalue weighted by molar-refractivity contribution is 0.0828. The van der Waals surface area contributed by atoms with E-state index >= 15 is 0 Å². The minimum atomic E-state index is -0.278. The van der Waals surface area contributed by atoms with Crippen LogP contribution in [0.4, 0.5) is 0 Å². The molecule has 3 nitrogen and oxygen atoms in total. The van der Waals surface area contributed by atoms with Gasteiger partial charge in [-0.1, -0.05) is 36.4 Å². The predicted molar refractivity (Wildman–Crippen MR) is 76.3 cm³/mol. The molecule has 4 heteroatoms. The second-order valence-electron chi connectivity index (χ2n) is 6.32. The lowest BCUT2D eigenvalue weighted by Gasteiger charge is -2.30. The van der Waals surface area contributed by atoms with Crippen LogP contribution < -0.4 is 0 Å². The van der Waals surface area contributed by atoms with Crippen LogP contribution in [0.2, 0.25) is 0 Å². The van der Waals surface area contributed by atoms with E-state index in [1.54, 1.807) is 0 Å². The molecule has 0 radical (unpaired) electrons. The number of ether oxygens (including phenoxy) is 1. The topological polar surface area (TPSA) is 36.3 Å². The van der Waals surface area contributed by atoms with E-state index in [1.807, 2.05) is 20.8 Å². The van der Waals surface area contributed by atoms with Gasteiger partial charge in [-0.15, -0.1) is 0 Å². The summed E-state index contributed by atoms with van der Waals surface area (Å²) in [6, 6.07) is 0.783. The lowest BCUT2D eigenvalue weighted by Crippen LogP contribution is -2.41. The fraction of sp³-hybridized carbons (Fsp3) is 0.917. The Labute approximate surface area is 113 Å². The monoisotopic (exact) mass is 338 g/mol. The third-order valence-electron chi connectivity index (χ3n) is 2.67. The second kappa shape index (κ2) is 4.70. The summed E-state index contributed by atoms with van der Waals surface area (Å²) in [4.78, 5) is 2.11. The van der Waals surface area contributed by atoms with E-state index in [0.29, 0.717) is 17.5 Å². The van der Waals surface area contributed by atoms with Crippen LogP contribution in [0.25, 0.3) is 0 Å². The zero-order valence-corrected chi connectivity index (χ0v) is 13.1. The van der Waals surface area contributed by atoms with Crippen molar-refractivity contribution < 1.29 is 4.74 Å². The lowest BCUT2D eigenvalue weighted by atomic mass is 9.91. The number of hydrogen-bond donors (Lipinski definition) is 1. The molecule has 0 saturated carbocycles. The molecule has 0 aromatic heterocycles. The summed E-state index contributed by atoms with van der Waals surface area (Å²) >= 11 is 2.40. The molecule has 1 atom stereocenters. The molecule has 0 aromatic rings.